The normalized spacial score (nSPS) is 16.2. The highest BCUT2D eigenvalue weighted by atomic mass is 35.5. The molecule has 31 heavy (non-hydrogen) atoms. The summed E-state index contributed by atoms with van der Waals surface area (Å²) in [6, 6.07) is 16.3. The van der Waals surface area contributed by atoms with Crippen LogP contribution in [0.15, 0.2) is 65.4 Å². The molecule has 162 valence electrons. The largest absolute Gasteiger partial charge is 0.345 e. The van der Waals surface area contributed by atoms with Gasteiger partial charge in [0.2, 0.25) is 5.91 Å². The molecule has 1 aliphatic rings. The van der Waals surface area contributed by atoms with Crippen molar-refractivity contribution >= 4 is 28.8 Å². The minimum atomic E-state index is -0.199. The zero-order valence-electron chi connectivity index (χ0n) is 17.3. The number of hydrogen-bond donors (Lipinski definition) is 1. The zero-order valence-corrected chi connectivity index (χ0v) is 18.8. The van der Waals surface area contributed by atoms with Crippen LogP contribution in [0.4, 0.5) is 4.39 Å². The van der Waals surface area contributed by atoms with Gasteiger partial charge >= 0.3 is 0 Å². The van der Waals surface area contributed by atoms with E-state index in [0.29, 0.717) is 5.02 Å². The molecule has 3 nitrogen and oxygen atoms in total. The number of hydrogen-bond acceptors (Lipinski definition) is 3. The molecule has 0 spiro atoms. The molecule has 1 atom stereocenters. The summed E-state index contributed by atoms with van der Waals surface area (Å²) < 4.78 is 13.1. The molecule has 1 N–H and O–H groups in total. The monoisotopic (exact) mass is 456 g/mol. The standard InChI is InChI=1S/C25H26ClFN2OS/c26-22-5-3-19(4-6-22)24(21-12-16-31-17-21)28-25(30)20-10-14-29(15-11-20)13-9-18-1-7-23(27)8-2-18/h1-8,12,16-17,20,24H,9-11,13-15H2,(H,28,30). The van der Waals surface area contributed by atoms with Gasteiger partial charge in [-0.25, -0.2) is 4.39 Å². The van der Waals surface area contributed by atoms with E-state index in [-0.39, 0.29) is 23.7 Å². The molecule has 0 radical (unpaired) electrons. The van der Waals surface area contributed by atoms with E-state index in [9.17, 15) is 9.18 Å². The lowest BCUT2D eigenvalue weighted by molar-refractivity contribution is -0.127. The van der Waals surface area contributed by atoms with E-state index in [1.807, 2.05) is 41.8 Å². The molecule has 1 saturated heterocycles. The first-order valence-electron chi connectivity index (χ1n) is 10.6. The summed E-state index contributed by atoms with van der Waals surface area (Å²) in [6.07, 6.45) is 2.60. The van der Waals surface area contributed by atoms with Crippen LogP contribution >= 0.6 is 22.9 Å². The van der Waals surface area contributed by atoms with Gasteiger partial charge in [-0.2, -0.15) is 11.3 Å². The Bertz CT molecular complexity index is 968. The number of piperidine rings is 1. The van der Waals surface area contributed by atoms with Crippen LogP contribution in [0, 0.1) is 11.7 Å². The second kappa shape index (κ2) is 10.4. The summed E-state index contributed by atoms with van der Waals surface area (Å²) in [5.41, 5.74) is 3.27. The molecule has 0 bridgehead atoms. The van der Waals surface area contributed by atoms with Gasteiger partial charge in [0, 0.05) is 17.5 Å². The Hall–Kier alpha value is -2.21. The number of carbonyl (C=O) groups is 1. The summed E-state index contributed by atoms with van der Waals surface area (Å²) in [5, 5.41) is 8.07. The van der Waals surface area contributed by atoms with Crippen molar-refractivity contribution in [3.63, 3.8) is 0 Å². The van der Waals surface area contributed by atoms with Crippen molar-refractivity contribution in [2.75, 3.05) is 19.6 Å². The predicted octanol–water partition coefficient (Wildman–Crippen LogP) is 5.70. The van der Waals surface area contributed by atoms with Crippen molar-refractivity contribution in [1.29, 1.82) is 0 Å². The second-order valence-electron chi connectivity index (χ2n) is 8.04. The highest BCUT2D eigenvalue weighted by molar-refractivity contribution is 7.08. The number of thiophene rings is 1. The average Bonchev–Trinajstić information content (AvgIpc) is 3.33. The maximum absolute atomic E-state index is 13.1. The first-order valence-corrected chi connectivity index (χ1v) is 12.0. The molecule has 1 unspecified atom stereocenters. The quantitative estimate of drug-likeness (QED) is 0.494. The molecular weight excluding hydrogens is 431 g/mol. The molecule has 3 aromatic rings. The maximum atomic E-state index is 13.1. The van der Waals surface area contributed by atoms with Gasteiger partial charge in [-0.05, 0) is 90.1 Å². The second-order valence-corrected chi connectivity index (χ2v) is 9.26. The third kappa shape index (κ3) is 5.94. The fraction of sp³-hybridized carbons (Fsp3) is 0.320. The maximum Gasteiger partial charge on any atom is 0.223 e. The Morgan fingerprint density at radius 2 is 1.77 bits per heavy atom. The van der Waals surface area contributed by atoms with Crippen molar-refractivity contribution in [3.8, 4) is 0 Å². The number of rotatable bonds is 7. The van der Waals surface area contributed by atoms with Gasteiger partial charge in [-0.15, -0.1) is 0 Å². The smallest absolute Gasteiger partial charge is 0.223 e. The van der Waals surface area contributed by atoms with Crippen LogP contribution in [0.2, 0.25) is 5.02 Å². The van der Waals surface area contributed by atoms with Gasteiger partial charge in [0.15, 0.2) is 0 Å². The van der Waals surface area contributed by atoms with E-state index in [1.54, 1.807) is 11.3 Å². The van der Waals surface area contributed by atoms with E-state index in [1.165, 1.54) is 12.1 Å². The minimum absolute atomic E-state index is 0.0236. The number of amides is 1. The van der Waals surface area contributed by atoms with Crippen molar-refractivity contribution in [2.45, 2.75) is 25.3 Å². The molecular formula is C25H26ClFN2OS. The first-order chi connectivity index (χ1) is 15.1. The molecule has 1 fully saturated rings. The molecule has 1 aliphatic heterocycles. The lowest BCUT2D eigenvalue weighted by Gasteiger charge is -2.32. The zero-order chi connectivity index (χ0) is 21.6. The Labute approximate surface area is 191 Å². The fourth-order valence-corrected chi connectivity index (χ4v) is 4.88. The van der Waals surface area contributed by atoms with Crippen molar-refractivity contribution in [1.82, 2.24) is 10.2 Å². The summed E-state index contributed by atoms with van der Waals surface area (Å²) >= 11 is 7.68. The van der Waals surface area contributed by atoms with E-state index in [0.717, 1.165) is 55.6 Å². The van der Waals surface area contributed by atoms with E-state index in [4.69, 9.17) is 11.6 Å². The fourth-order valence-electron chi connectivity index (χ4n) is 4.07. The van der Waals surface area contributed by atoms with Gasteiger partial charge in [0.25, 0.3) is 0 Å². The van der Waals surface area contributed by atoms with Crippen LogP contribution in [0.25, 0.3) is 0 Å². The molecule has 0 aliphatic carbocycles. The molecule has 2 heterocycles. The minimum Gasteiger partial charge on any atom is -0.345 e. The van der Waals surface area contributed by atoms with Crippen molar-refractivity contribution in [2.24, 2.45) is 5.92 Å². The third-order valence-electron chi connectivity index (χ3n) is 5.95. The highest BCUT2D eigenvalue weighted by Gasteiger charge is 2.27. The summed E-state index contributed by atoms with van der Waals surface area (Å²) in [4.78, 5) is 15.5. The Kier molecular flexibility index (Phi) is 7.38. The Morgan fingerprint density at radius 3 is 2.42 bits per heavy atom. The van der Waals surface area contributed by atoms with Crippen molar-refractivity contribution < 1.29 is 9.18 Å². The highest BCUT2D eigenvalue weighted by Crippen LogP contribution is 2.27. The van der Waals surface area contributed by atoms with Gasteiger partial charge in [-0.3, -0.25) is 4.79 Å². The third-order valence-corrected chi connectivity index (χ3v) is 6.91. The van der Waals surface area contributed by atoms with E-state index < -0.39 is 0 Å². The van der Waals surface area contributed by atoms with Crippen LogP contribution in [-0.4, -0.2) is 30.4 Å². The number of benzene rings is 2. The topological polar surface area (TPSA) is 32.3 Å². The van der Waals surface area contributed by atoms with Gasteiger partial charge in [0.05, 0.1) is 6.04 Å². The predicted molar refractivity (Wildman–Crippen MR) is 125 cm³/mol. The van der Waals surface area contributed by atoms with Crippen LogP contribution in [0.1, 0.15) is 35.6 Å². The molecule has 4 rings (SSSR count). The molecule has 2 aromatic carbocycles. The lowest BCUT2D eigenvalue weighted by Crippen LogP contribution is -2.42. The lowest BCUT2D eigenvalue weighted by atomic mass is 9.94. The summed E-state index contributed by atoms with van der Waals surface area (Å²) in [7, 11) is 0. The number of nitrogens with one attached hydrogen (secondary N) is 1. The van der Waals surface area contributed by atoms with Gasteiger partial charge < -0.3 is 10.2 Å². The number of halogens is 2. The van der Waals surface area contributed by atoms with E-state index in [2.05, 4.69) is 21.7 Å². The summed E-state index contributed by atoms with van der Waals surface area (Å²) in [6.45, 7) is 2.75. The van der Waals surface area contributed by atoms with Crippen LogP contribution in [0.5, 0.6) is 0 Å². The van der Waals surface area contributed by atoms with Crippen LogP contribution in [-0.2, 0) is 11.2 Å². The average molecular weight is 457 g/mol. The van der Waals surface area contributed by atoms with Crippen molar-refractivity contribution in [3.05, 3.63) is 92.9 Å². The van der Waals surface area contributed by atoms with E-state index >= 15 is 0 Å². The Morgan fingerprint density at radius 1 is 1.06 bits per heavy atom. The number of nitrogens with zero attached hydrogens (tertiary/aromatic N) is 1. The van der Waals surface area contributed by atoms with Gasteiger partial charge in [0.1, 0.15) is 5.82 Å². The SMILES string of the molecule is O=C(NC(c1ccc(Cl)cc1)c1ccsc1)C1CCN(CCc2ccc(F)cc2)CC1. The summed E-state index contributed by atoms with van der Waals surface area (Å²) in [5.74, 6) is -0.0604. The molecule has 0 saturated carbocycles. The number of likely N-dealkylation sites (tertiary alicyclic amines) is 1. The molecule has 1 amide bonds. The molecule has 1 aromatic heterocycles. The number of carbonyl (C=O) groups excluding carboxylic acids is 1. The Balaban J connectivity index is 1.32. The first kappa shape index (κ1) is 22.0. The molecule has 6 heteroatoms. The van der Waals surface area contributed by atoms with Crippen LogP contribution < -0.4 is 5.32 Å². The van der Waals surface area contributed by atoms with Gasteiger partial charge in [-0.1, -0.05) is 35.9 Å². The van der Waals surface area contributed by atoms with Crippen LogP contribution in [0.3, 0.4) is 0 Å².